The first-order valence-corrected chi connectivity index (χ1v) is 9.74. The van der Waals surface area contributed by atoms with Crippen molar-refractivity contribution in [3.8, 4) is 0 Å². The van der Waals surface area contributed by atoms with Gasteiger partial charge in [-0.25, -0.2) is 0 Å². The molecule has 1 aromatic rings. The first-order chi connectivity index (χ1) is 12.2. The van der Waals surface area contributed by atoms with Gasteiger partial charge in [0.05, 0.1) is 37.0 Å². The van der Waals surface area contributed by atoms with Crippen molar-refractivity contribution in [2.45, 2.75) is 45.4 Å². The van der Waals surface area contributed by atoms with E-state index in [0.717, 1.165) is 36.1 Å². The molecule has 0 spiro atoms. The Morgan fingerprint density at radius 1 is 1.40 bits per heavy atom. The highest BCUT2D eigenvalue weighted by molar-refractivity contribution is 8.16. The molecule has 0 aliphatic carbocycles. The van der Waals surface area contributed by atoms with E-state index in [9.17, 15) is 9.90 Å². The minimum absolute atomic E-state index is 0.142. The molecule has 0 aromatic carbocycles. The number of nitrogens with zero attached hydrogens (tertiary/aromatic N) is 5. The van der Waals surface area contributed by atoms with Crippen molar-refractivity contribution in [2.24, 2.45) is 4.99 Å². The Hall–Kier alpha value is -1.80. The van der Waals surface area contributed by atoms with Gasteiger partial charge in [0.25, 0.3) is 0 Å². The molecule has 8 heteroatoms. The lowest BCUT2D eigenvalue weighted by atomic mass is 10.2. The normalized spacial score (nSPS) is 20.7. The number of carbonyl (C=O) groups excluding carboxylic acids is 1. The molecule has 0 radical (unpaired) electrons. The number of fused-ring (bicyclic) bond motifs is 2. The van der Waals surface area contributed by atoms with Gasteiger partial charge in [0.1, 0.15) is 0 Å². The standard InChI is InChI=1S/C17H23N5O2S/c1-2-15(23)14-8-12-10-20(6-7-22(12)19-14)16(24)9-13-11-25-17-18-4-3-5-21(13)17/h8,11,15,23H,2-7,9-10H2,1H3. The summed E-state index contributed by atoms with van der Waals surface area (Å²) in [7, 11) is 0. The molecular weight excluding hydrogens is 338 g/mol. The lowest BCUT2D eigenvalue weighted by molar-refractivity contribution is -0.132. The van der Waals surface area contributed by atoms with Crippen molar-refractivity contribution in [3.05, 3.63) is 28.6 Å². The predicted molar refractivity (Wildman–Crippen MR) is 96.8 cm³/mol. The number of aliphatic hydroxyl groups is 1. The lowest BCUT2D eigenvalue weighted by Crippen LogP contribution is -2.39. The number of hydrogen-bond donors (Lipinski definition) is 1. The average Bonchev–Trinajstić information content (AvgIpc) is 3.24. The number of carbonyl (C=O) groups is 1. The Morgan fingerprint density at radius 3 is 3.12 bits per heavy atom. The highest BCUT2D eigenvalue weighted by Gasteiger charge is 2.29. The van der Waals surface area contributed by atoms with Crippen LogP contribution in [0.4, 0.5) is 0 Å². The van der Waals surface area contributed by atoms with Gasteiger partial charge < -0.3 is 14.9 Å². The van der Waals surface area contributed by atoms with Crippen LogP contribution in [0, 0.1) is 0 Å². The summed E-state index contributed by atoms with van der Waals surface area (Å²) in [5.74, 6) is 0.142. The van der Waals surface area contributed by atoms with E-state index in [-0.39, 0.29) is 5.91 Å². The molecule has 3 aliphatic heterocycles. The van der Waals surface area contributed by atoms with Gasteiger partial charge in [0.2, 0.25) is 5.91 Å². The summed E-state index contributed by atoms with van der Waals surface area (Å²) < 4.78 is 1.91. The second-order valence-electron chi connectivity index (χ2n) is 6.60. The van der Waals surface area contributed by atoms with Gasteiger partial charge in [0.15, 0.2) is 5.17 Å². The summed E-state index contributed by atoms with van der Waals surface area (Å²) in [5, 5.41) is 17.5. The Labute approximate surface area is 151 Å². The monoisotopic (exact) mass is 361 g/mol. The molecule has 134 valence electrons. The van der Waals surface area contributed by atoms with Gasteiger partial charge in [-0.05, 0) is 24.3 Å². The predicted octanol–water partition coefficient (Wildman–Crippen LogP) is 1.71. The second-order valence-corrected chi connectivity index (χ2v) is 7.43. The van der Waals surface area contributed by atoms with Gasteiger partial charge in [-0.15, -0.1) is 0 Å². The minimum Gasteiger partial charge on any atom is -0.387 e. The molecule has 1 atom stereocenters. The van der Waals surface area contributed by atoms with Crippen LogP contribution in [-0.2, 0) is 17.9 Å². The van der Waals surface area contributed by atoms with Crippen LogP contribution < -0.4 is 0 Å². The maximum atomic E-state index is 12.8. The topological polar surface area (TPSA) is 74.0 Å². The Balaban J connectivity index is 1.41. The molecule has 0 bridgehead atoms. The average molecular weight is 361 g/mol. The molecule has 7 nitrogen and oxygen atoms in total. The molecule has 1 unspecified atom stereocenters. The van der Waals surface area contributed by atoms with Crippen molar-refractivity contribution in [2.75, 3.05) is 19.6 Å². The van der Waals surface area contributed by atoms with Gasteiger partial charge in [-0.1, -0.05) is 18.7 Å². The number of rotatable bonds is 4. The number of aliphatic imine (C=N–C) groups is 1. The quantitative estimate of drug-likeness (QED) is 0.884. The van der Waals surface area contributed by atoms with E-state index in [4.69, 9.17) is 0 Å². The van der Waals surface area contributed by atoms with Crippen molar-refractivity contribution >= 4 is 22.8 Å². The molecule has 1 aromatic heterocycles. The van der Waals surface area contributed by atoms with Crippen LogP contribution >= 0.6 is 11.8 Å². The zero-order valence-corrected chi connectivity index (χ0v) is 15.2. The van der Waals surface area contributed by atoms with Crippen LogP contribution in [0.25, 0.3) is 0 Å². The van der Waals surface area contributed by atoms with E-state index in [1.54, 1.807) is 11.8 Å². The first kappa shape index (κ1) is 16.7. The number of aromatic nitrogens is 2. The van der Waals surface area contributed by atoms with E-state index in [0.29, 0.717) is 38.2 Å². The highest BCUT2D eigenvalue weighted by Crippen LogP contribution is 2.31. The molecule has 4 rings (SSSR count). The molecule has 0 saturated heterocycles. The zero-order valence-electron chi connectivity index (χ0n) is 14.4. The van der Waals surface area contributed by atoms with Crippen LogP contribution in [0.5, 0.6) is 0 Å². The number of thioether (sulfide) groups is 1. The van der Waals surface area contributed by atoms with Crippen molar-refractivity contribution in [1.82, 2.24) is 19.6 Å². The first-order valence-electron chi connectivity index (χ1n) is 8.86. The largest absolute Gasteiger partial charge is 0.387 e. The number of amides is 1. The van der Waals surface area contributed by atoms with Crippen molar-refractivity contribution in [3.63, 3.8) is 0 Å². The summed E-state index contributed by atoms with van der Waals surface area (Å²) in [5.41, 5.74) is 2.77. The third-order valence-corrected chi connectivity index (χ3v) is 5.85. The summed E-state index contributed by atoms with van der Waals surface area (Å²) >= 11 is 1.62. The molecular formula is C17H23N5O2S. The van der Waals surface area contributed by atoms with Crippen molar-refractivity contribution < 1.29 is 9.90 Å². The van der Waals surface area contributed by atoms with E-state index < -0.39 is 6.10 Å². The number of hydrogen-bond acceptors (Lipinski definition) is 6. The van der Waals surface area contributed by atoms with Crippen molar-refractivity contribution in [1.29, 1.82) is 0 Å². The number of amidine groups is 1. The van der Waals surface area contributed by atoms with Gasteiger partial charge in [-0.2, -0.15) is 5.10 Å². The van der Waals surface area contributed by atoms with Crippen LogP contribution in [0.1, 0.15) is 43.7 Å². The smallest absolute Gasteiger partial charge is 0.228 e. The molecule has 25 heavy (non-hydrogen) atoms. The maximum absolute atomic E-state index is 12.8. The van der Waals surface area contributed by atoms with Gasteiger partial charge >= 0.3 is 0 Å². The molecule has 4 heterocycles. The summed E-state index contributed by atoms with van der Waals surface area (Å²) in [4.78, 5) is 21.3. The Morgan fingerprint density at radius 2 is 2.28 bits per heavy atom. The zero-order chi connectivity index (χ0) is 17.4. The van der Waals surface area contributed by atoms with E-state index in [2.05, 4.69) is 20.4 Å². The van der Waals surface area contributed by atoms with Crippen LogP contribution in [0.3, 0.4) is 0 Å². The molecule has 0 saturated carbocycles. The van der Waals surface area contributed by atoms with Crippen LogP contribution in [0.15, 0.2) is 22.2 Å². The highest BCUT2D eigenvalue weighted by atomic mass is 32.2. The molecule has 0 fully saturated rings. The van der Waals surface area contributed by atoms with Gasteiger partial charge in [-0.3, -0.25) is 14.5 Å². The van der Waals surface area contributed by atoms with Crippen LogP contribution in [0.2, 0.25) is 0 Å². The van der Waals surface area contributed by atoms with Gasteiger partial charge in [0, 0.05) is 25.3 Å². The van der Waals surface area contributed by atoms with E-state index in [1.165, 1.54) is 0 Å². The Bertz CT molecular complexity index is 741. The third kappa shape index (κ3) is 3.20. The van der Waals surface area contributed by atoms with E-state index >= 15 is 0 Å². The Kier molecular flexibility index (Phi) is 4.56. The summed E-state index contributed by atoms with van der Waals surface area (Å²) in [6, 6.07) is 1.92. The fourth-order valence-corrected chi connectivity index (χ4v) is 4.37. The summed E-state index contributed by atoms with van der Waals surface area (Å²) in [6.45, 7) is 5.68. The summed E-state index contributed by atoms with van der Waals surface area (Å²) in [6.07, 6.45) is 1.58. The fraction of sp³-hybridized carbons (Fsp3) is 0.588. The fourth-order valence-electron chi connectivity index (χ4n) is 3.41. The molecule has 1 amide bonds. The second kappa shape index (κ2) is 6.84. The molecule has 3 aliphatic rings. The lowest BCUT2D eigenvalue weighted by Gasteiger charge is -2.30. The van der Waals surface area contributed by atoms with Crippen LogP contribution in [-0.4, -0.2) is 55.4 Å². The SMILES string of the molecule is CCC(O)c1cc2n(n1)CCN(C(=O)CC1=CSC3=NCCCN13)C2. The molecule has 1 N–H and O–H groups in total. The number of aliphatic hydroxyl groups excluding tert-OH is 1. The van der Waals surface area contributed by atoms with E-state index in [1.807, 2.05) is 22.6 Å². The maximum Gasteiger partial charge on any atom is 0.228 e. The third-order valence-electron chi connectivity index (χ3n) is 4.89. The minimum atomic E-state index is -0.528.